The molecule has 0 atom stereocenters. The van der Waals surface area contributed by atoms with Crippen molar-refractivity contribution < 1.29 is 19.0 Å². The van der Waals surface area contributed by atoms with Crippen molar-refractivity contribution in [2.45, 2.75) is 44.8 Å². The first kappa shape index (κ1) is 18.9. The molecule has 0 spiro atoms. The van der Waals surface area contributed by atoms with E-state index in [-0.39, 0.29) is 18.1 Å². The van der Waals surface area contributed by atoms with E-state index in [1.165, 1.54) is 7.11 Å². The Balaban J connectivity index is 1.53. The maximum absolute atomic E-state index is 12.6. The Morgan fingerprint density at radius 3 is 2.48 bits per heavy atom. The van der Waals surface area contributed by atoms with E-state index in [9.17, 15) is 4.79 Å². The Morgan fingerprint density at radius 2 is 1.78 bits per heavy atom. The fourth-order valence-electron chi connectivity index (χ4n) is 3.09. The second-order valence-corrected chi connectivity index (χ2v) is 6.22. The first-order chi connectivity index (χ1) is 13.2. The molecule has 144 valence electrons. The van der Waals surface area contributed by atoms with Crippen LogP contribution in [0.4, 0.5) is 0 Å². The zero-order valence-electron chi connectivity index (χ0n) is 15.6. The predicted molar refractivity (Wildman–Crippen MR) is 98.1 cm³/mol. The largest absolute Gasteiger partial charge is 0.477 e. The third kappa shape index (κ3) is 4.84. The number of nitrogens with zero attached hydrogens (tertiary/aromatic N) is 3. The van der Waals surface area contributed by atoms with Crippen LogP contribution in [0.25, 0.3) is 0 Å². The van der Waals surface area contributed by atoms with Gasteiger partial charge in [0.15, 0.2) is 0 Å². The van der Waals surface area contributed by atoms with Crippen LogP contribution in [-0.2, 0) is 0 Å². The van der Waals surface area contributed by atoms with Gasteiger partial charge in [0.05, 0.1) is 13.7 Å². The Morgan fingerprint density at radius 1 is 1.07 bits per heavy atom. The minimum absolute atomic E-state index is 0.0288. The van der Waals surface area contributed by atoms with Crippen LogP contribution in [0.5, 0.6) is 17.6 Å². The van der Waals surface area contributed by atoms with E-state index in [1.807, 2.05) is 6.92 Å². The van der Waals surface area contributed by atoms with E-state index in [0.717, 1.165) is 25.7 Å². The van der Waals surface area contributed by atoms with Gasteiger partial charge in [-0.15, -0.1) is 0 Å². The normalized spacial score (nSPS) is 19.2. The molecule has 0 aliphatic heterocycles. The van der Waals surface area contributed by atoms with Gasteiger partial charge in [-0.25, -0.2) is 15.0 Å². The molecular weight excluding hydrogens is 348 g/mol. The van der Waals surface area contributed by atoms with E-state index < -0.39 is 0 Å². The first-order valence-corrected chi connectivity index (χ1v) is 9.11. The molecule has 1 amide bonds. The van der Waals surface area contributed by atoms with Gasteiger partial charge < -0.3 is 19.5 Å². The molecule has 0 bridgehead atoms. The molecule has 0 aromatic carbocycles. The van der Waals surface area contributed by atoms with Gasteiger partial charge in [-0.3, -0.25) is 4.79 Å². The summed E-state index contributed by atoms with van der Waals surface area (Å²) in [4.78, 5) is 25.0. The number of carbonyl (C=O) groups is 1. The Kier molecular flexibility index (Phi) is 6.40. The summed E-state index contributed by atoms with van der Waals surface area (Å²) in [6, 6.07) is 3.55. The van der Waals surface area contributed by atoms with E-state index in [2.05, 4.69) is 20.3 Å². The molecule has 3 rings (SSSR count). The summed E-state index contributed by atoms with van der Waals surface area (Å²) in [5.41, 5.74) is 0.460. The second-order valence-electron chi connectivity index (χ2n) is 6.22. The number of pyridine rings is 1. The molecule has 1 fully saturated rings. The van der Waals surface area contributed by atoms with Crippen LogP contribution in [0.15, 0.2) is 30.7 Å². The lowest BCUT2D eigenvalue weighted by atomic mass is 9.92. The molecule has 1 saturated carbocycles. The summed E-state index contributed by atoms with van der Waals surface area (Å²) in [7, 11) is 1.54. The van der Waals surface area contributed by atoms with Gasteiger partial charge in [0.2, 0.25) is 5.88 Å². The molecule has 1 aliphatic rings. The number of carbonyl (C=O) groups excluding carboxylic acids is 1. The Labute approximate surface area is 158 Å². The number of hydrogen-bond donors (Lipinski definition) is 1. The van der Waals surface area contributed by atoms with E-state index in [1.54, 1.807) is 30.7 Å². The highest BCUT2D eigenvalue weighted by Gasteiger charge is 2.26. The van der Waals surface area contributed by atoms with Crippen LogP contribution in [-0.4, -0.2) is 46.7 Å². The van der Waals surface area contributed by atoms with Gasteiger partial charge in [0.25, 0.3) is 17.7 Å². The molecule has 8 nitrogen and oxygen atoms in total. The van der Waals surface area contributed by atoms with Crippen LogP contribution in [0.2, 0.25) is 0 Å². The molecule has 27 heavy (non-hydrogen) atoms. The summed E-state index contributed by atoms with van der Waals surface area (Å²) < 4.78 is 16.5. The van der Waals surface area contributed by atoms with E-state index >= 15 is 0 Å². The van der Waals surface area contributed by atoms with Gasteiger partial charge in [-0.05, 0) is 44.7 Å². The molecule has 0 unspecified atom stereocenters. The quantitative estimate of drug-likeness (QED) is 0.797. The summed E-state index contributed by atoms with van der Waals surface area (Å²) >= 11 is 0. The maximum atomic E-state index is 12.6. The highest BCUT2D eigenvalue weighted by atomic mass is 16.5. The highest BCUT2D eigenvalue weighted by Crippen LogP contribution is 2.27. The third-order valence-electron chi connectivity index (χ3n) is 4.41. The van der Waals surface area contributed by atoms with E-state index in [0.29, 0.717) is 29.8 Å². The lowest BCUT2D eigenvalue weighted by Gasteiger charge is -2.29. The van der Waals surface area contributed by atoms with Crippen LogP contribution >= 0.6 is 0 Å². The fourth-order valence-corrected chi connectivity index (χ4v) is 3.09. The van der Waals surface area contributed by atoms with Gasteiger partial charge in [-0.2, -0.15) is 0 Å². The molecule has 8 heteroatoms. The summed E-state index contributed by atoms with van der Waals surface area (Å²) in [6.45, 7) is 2.33. The molecule has 1 aliphatic carbocycles. The van der Waals surface area contributed by atoms with Crippen molar-refractivity contribution in [3.63, 3.8) is 0 Å². The first-order valence-electron chi connectivity index (χ1n) is 9.11. The van der Waals surface area contributed by atoms with Gasteiger partial charge >= 0.3 is 0 Å². The van der Waals surface area contributed by atoms with Gasteiger partial charge in [0, 0.05) is 24.6 Å². The minimum Gasteiger partial charge on any atom is -0.477 e. The molecule has 2 aromatic heterocycles. The average molecular weight is 372 g/mol. The zero-order valence-corrected chi connectivity index (χ0v) is 15.6. The van der Waals surface area contributed by atoms with Crippen LogP contribution in [0.1, 0.15) is 43.0 Å². The minimum atomic E-state index is -0.161. The maximum Gasteiger partial charge on any atom is 0.278 e. The van der Waals surface area contributed by atoms with Crippen molar-refractivity contribution in [1.82, 2.24) is 20.3 Å². The lowest BCUT2D eigenvalue weighted by Crippen LogP contribution is -2.40. The lowest BCUT2D eigenvalue weighted by molar-refractivity contribution is 0.0882. The van der Waals surface area contributed by atoms with Crippen molar-refractivity contribution >= 4 is 5.91 Å². The number of hydrogen-bond acceptors (Lipinski definition) is 7. The summed E-state index contributed by atoms with van der Waals surface area (Å²) in [5, 5.41) is 3.07. The van der Waals surface area contributed by atoms with Gasteiger partial charge in [0.1, 0.15) is 11.7 Å². The third-order valence-corrected chi connectivity index (χ3v) is 4.41. The monoisotopic (exact) mass is 372 g/mol. The SMILES string of the molecule is CCOc1ncccc1C(=O)NC1CCC(Oc2nccnc2OC)CC1. The molecule has 0 radical (unpaired) electrons. The second kappa shape index (κ2) is 9.16. The van der Waals surface area contributed by atoms with Crippen molar-refractivity contribution in [2.75, 3.05) is 13.7 Å². The van der Waals surface area contributed by atoms with Crippen LogP contribution in [0.3, 0.4) is 0 Å². The molecule has 2 heterocycles. The molecule has 2 aromatic rings. The average Bonchev–Trinajstić information content (AvgIpc) is 2.70. The van der Waals surface area contributed by atoms with Crippen molar-refractivity contribution in [2.24, 2.45) is 0 Å². The van der Waals surface area contributed by atoms with Crippen molar-refractivity contribution in [3.05, 3.63) is 36.3 Å². The predicted octanol–water partition coefficient (Wildman–Crippen LogP) is 2.40. The number of aromatic nitrogens is 3. The molecule has 1 N–H and O–H groups in total. The van der Waals surface area contributed by atoms with Crippen LogP contribution in [0, 0.1) is 0 Å². The van der Waals surface area contributed by atoms with Crippen molar-refractivity contribution in [1.29, 1.82) is 0 Å². The number of amides is 1. The number of methoxy groups -OCH3 is 1. The number of ether oxygens (including phenoxy) is 3. The topological polar surface area (TPSA) is 95.5 Å². The smallest absolute Gasteiger partial charge is 0.278 e. The Hall–Kier alpha value is -2.90. The van der Waals surface area contributed by atoms with Crippen LogP contribution < -0.4 is 19.5 Å². The molecular formula is C19H24N4O4. The number of rotatable bonds is 7. The fraction of sp³-hybridized carbons (Fsp3) is 0.474. The molecule has 0 saturated heterocycles. The number of nitrogens with one attached hydrogen (secondary N) is 1. The standard InChI is InChI=1S/C19H24N4O4/c1-3-26-17-15(5-4-10-20-17)16(24)23-13-6-8-14(9-7-13)27-19-18(25-2)21-11-12-22-19/h4-5,10-14H,3,6-9H2,1-2H3,(H,23,24). The summed E-state index contributed by atoms with van der Waals surface area (Å²) in [5.74, 6) is 0.993. The highest BCUT2D eigenvalue weighted by molar-refractivity contribution is 5.96. The Bertz CT molecular complexity index is 763. The van der Waals surface area contributed by atoms with E-state index in [4.69, 9.17) is 14.2 Å². The van der Waals surface area contributed by atoms with Gasteiger partial charge in [-0.1, -0.05) is 0 Å². The zero-order chi connectivity index (χ0) is 19.1. The van der Waals surface area contributed by atoms with Crippen molar-refractivity contribution in [3.8, 4) is 17.6 Å². The summed E-state index contributed by atoms with van der Waals surface area (Å²) in [6.07, 6.45) is 8.06.